The van der Waals surface area contributed by atoms with Crippen molar-refractivity contribution in [3.05, 3.63) is 53.2 Å². The molecule has 3 rings (SSSR count). The maximum atomic E-state index is 12.5. The van der Waals surface area contributed by atoms with Gasteiger partial charge in [-0.3, -0.25) is 24.9 Å². The summed E-state index contributed by atoms with van der Waals surface area (Å²) in [6.45, 7) is 1.78. The quantitative estimate of drug-likeness (QED) is 0.731. The molecule has 132 valence electrons. The molecule has 0 aliphatic rings. The van der Waals surface area contributed by atoms with Gasteiger partial charge in [-0.05, 0) is 36.6 Å². The molecular weight excluding hydrogens is 356 g/mol. The molecule has 8 nitrogen and oxygen atoms in total. The lowest BCUT2D eigenvalue weighted by Gasteiger charge is -2.07. The first-order valence-electron chi connectivity index (χ1n) is 7.66. The molecule has 9 heteroatoms. The Balaban J connectivity index is 1.76. The lowest BCUT2D eigenvalue weighted by atomic mass is 10.2. The van der Waals surface area contributed by atoms with E-state index >= 15 is 0 Å². The summed E-state index contributed by atoms with van der Waals surface area (Å²) in [5.41, 5.74) is 1.82. The van der Waals surface area contributed by atoms with Crippen molar-refractivity contribution in [2.24, 2.45) is 0 Å². The van der Waals surface area contributed by atoms with Gasteiger partial charge in [0, 0.05) is 18.0 Å². The van der Waals surface area contributed by atoms with E-state index in [2.05, 4.69) is 25.3 Å². The zero-order valence-electron chi connectivity index (χ0n) is 13.7. The van der Waals surface area contributed by atoms with Crippen molar-refractivity contribution in [2.75, 3.05) is 11.9 Å². The molecule has 0 aliphatic carbocycles. The number of aromatic nitrogens is 2. The van der Waals surface area contributed by atoms with Gasteiger partial charge in [0.05, 0.1) is 23.2 Å². The normalized spacial score (nSPS) is 10.3. The number of nitrogens with zero attached hydrogens (tertiary/aromatic N) is 2. The lowest BCUT2D eigenvalue weighted by Crippen LogP contribution is -2.31. The van der Waals surface area contributed by atoms with E-state index in [1.54, 1.807) is 42.9 Å². The fourth-order valence-corrected chi connectivity index (χ4v) is 2.97. The van der Waals surface area contributed by atoms with Gasteiger partial charge in [-0.15, -0.1) is 11.3 Å². The smallest absolute Gasteiger partial charge is 0.414 e. The Hall–Kier alpha value is -3.33. The summed E-state index contributed by atoms with van der Waals surface area (Å²) in [7, 11) is 0. The molecule has 3 aromatic rings. The van der Waals surface area contributed by atoms with Crippen LogP contribution in [0.4, 0.5) is 9.80 Å². The maximum Gasteiger partial charge on any atom is 0.414 e. The fourth-order valence-electron chi connectivity index (χ4n) is 2.19. The van der Waals surface area contributed by atoms with E-state index in [1.807, 2.05) is 0 Å². The molecule has 0 aliphatic heterocycles. The largest absolute Gasteiger partial charge is 0.450 e. The highest BCUT2D eigenvalue weighted by Gasteiger charge is 2.18. The Morgan fingerprint density at radius 3 is 2.62 bits per heavy atom. The lowest BCUT2D eigenvalue weighted by molar-refractivity contribution is 0.0926. The molecule has 2 heterocycles. The monoisotopic (exact) mass is 370 g/mol. The average molecular weight is 370 g/mol. The van der Waals surface area contributed by atoms with Gasteiger partial charge in [0.2, 0.25) is 0 Å². The van der Waals surface area contributed by atoms with Crippen molar-refractivity contribution in [3.8, 4) is 0 Å². The van der Waals surface area contributed by atoms with Crippen LogP contribution in [0.5, 0.6) is 0 Å². The van der Waals surface area contributed by atoms with Gasteiger partial charge >= 0.3 is 6.09 Å². The van der Waals surface area contributed by atoms with Crippen LogP contribution in [0.2, 0.25) is 0 Å². The predicted octanol–water partition coefficient (Wildman–Crippen LogP) is 2.83. The second-order valence-corrected chi connectivity index (χ2v) is 5.97. The topological polar surface area (TPSA) is 110 Å². The number of ether oxygens (including phenoxy) is 1. The number of amides is 3. The first-order valence-corrected chi connectivity index (χ1v) is 8.54. The van der Waals surface area contributed by atoms with Crippen LogP contribution < -0.4 is 10.6 Å². The van der Waals surface area contributed by atoms with Crippen LogP contribution in [0.3, 0.4) is 0 Å². The van der Waals surface area contributed by atoms with Crippen molar-refractivity contribution < 1.29 is 19.1 Å². The summed E-state index contributed by atoms with van der Waals surface area (Å²) in [6.07, 6.45) is 2.28. The number of hydrogen-bond acceptors (Lipinski definition) is 7. The number of nitrogens with one attached hydrogen (secondary N) is 2. The number of hydrogen-bond donors (Lipinski definition) is 2. The molecule has 2 N–H and O–H groups in total. The molecule has 0 spiro atoms. The van der Waals surface area contributed by atoms with Crippen molar-refractivity contribution >= 4 is 45.3 Å². The van der Waals surface area contributed by atoms with Gasteiger partial charge < -0.3 is 10.1 Å². The van der Waals surface area contributed by atoms with Crippen molar-refractivity contribution in [3.63, 3.8) is 0 Å². The molecule has 0 atom stereocenters. The van der Waals surface area contributed by atoms with Crippen LogP contribution >= 0.6 is 11.3 Å². The number of thiophene rings is 1. The van der Waals surface area contributed by atoms with E-state index in [1.165, 1.54) is 17.4 Å². The number of alkyl carbamates (subject to hydrolysis) is 1. The van der Waals surface area contributed by atoms with Gasteiger partial charge in [0.15, 0.2) is 0 Å². The molecule has 1 aromatic carbocycles. The van der Waals surface area contributed by atoms with Crippen LogP contribution in [0.25, 0.3) is 11.0 Å². The van der Waals surface area contributed by atoms with Crippen molar-refractivity contribution in [1.82, 2.24) is 15.3 Å². The van der Waals surface area contributed by atoms with Crippen LogP contribution in [0.1, 0.15) is 27.6 Å². The number of carbonyl (C=O) groups excluding carboxylic acids is 3. The Morgan fingerprint density at radius 2 is 1.85 bits per heavy atom. The van der Waals surface area contributed by atoms with Crippen LogP contribution in [0.15, 0.2) is 42.0 Å². The first-order chi connectivity index (χ1) is 12.6. The minimum Gasteiger partial charge on any atom is -0.450 e. The third-order valence-electron chi connectivity index (χ3n) is 3.36. The predicted molar refractivity (Wildman–Crippen MR) is 96.3 cm³/mol. The highest BCUT2D eigenvalue weighted by Crippen LogP contribution is 2.24. The van der Waals surface area contributed by atoms with Gasteiger partial charge in [-0.1, -0.05) is 0 Å². The maximum absolute atomic E-state index is 12.5. The summed E-state index contributed by atoms with van der Waals surface area (Å²) >= 11 is 1.17. The van der Waals surface area contributed by atoms with Crippen LogP contribution in [-0.4, -0.2) is 34.5 Å². The molecule has 0 radical (unpaired) electrons. The van der Waals surface area contributed by atoms with Crippen LogP contribution in [-0.2, 0) is 4.74 Å². The molecule has 0 saturated carbocycles. The van der Waals surface area contributed by atoms with E-state index < -0.39 is 17.9 Å². The summed E-state index contributed by atoms with van der Waals surface area (Å²) in [4.78, 5) is 44.3. The van der Waals surface area contributed by atoms with E-state index in [0.717, 1.165) is 0 Å². The Kier molecular flexibility index (Phi) is 5.18. The molecule has 0 saturated heterocycles. The van der Waals surface area contributed by atoms with E-state index in [-0.39, 0.29) is 12.2 Å². The van der Waals surface area contributed by atoms with Gasteiger partial charge in [-0.2, -0.15) is 0 Å². The zero-order chi connectivity index (χ0) is 18.5. The first kappa shape index (κ1) is 17.5. The minimum atomic E-state index is -0.839. The molecule has 0 unspecified atom stereocenters. The number of benzene rings is 1. The standard InChI is InChI=1S/C17H14N4O4S/c1-2-25-17(24)21-15(23)11-5-8-26-16(11)20-14(22)10-3-4-12-13(9-10)19-7-6-18-12/h3-9H,2H2,1H3,(H,20,22)(H,21,23,24). The van der Waals surface area contributed by atoms with E-state index in [9.17, 15) is 14.4 Å². The average Bonchev–Trinajstić information content (AvgIpc) is 3.09. The van der Waals surface area contributed by atoms with E-state index in [4.69, 9.17) is 0 Å². The summed E-state index contributed by atoms with van der Waals surface area (Å²) < 4.78 is 4.67. The third-order valence-corrected chi connectivity index (χ3v) is 4.19. The van der Waals surface area contributed by atoms with Gasteiger partial charge in [0.1, 0.15) is 5.00 Å². The molecule has 0 bridgehead atoms. The van der Waals surface area contributed by atoms with Gasteiger partial charge in [0.25, 0.3) is 11.8 Å². The van der Waals surface area contributed by atoms with Crippen molar-refractivity contribution in [2.45, 2.75) is 6.92 Å². The Morgan fingerprint density at radius 1 is 1.08 bits per heavy atom. The number of carbonyl (C=O) groups is 3. The Labute approximate surface area is 152 Å². The number of rotatable bonds is 4. The summed E-state index contributed by atoms with van der Waals surface area (Å²) in [5.74, 6) is -1.05. The second-order valence-electron chi connectivity index (χ2n) is 5.05. The zero-order valence-corrected chi connectivity index (χ0v) is 14.5. The molecule has 2 aromatic heterocycles. The molecule has 0 fully saturated rings. The number of fused-ring (bicyclic) bond motifs is 1. The SMILES string of the molecule is CCOC(=O)NC(=O)c1ccsc1NC(=O)c1ccc2nccnc2c1. The Bertz CT molecular complexity index is 986. The van der Waals surface area contributed by atoms with Crippen LogP contribution in [0, 0.1) is 0 Å². The highest BCUT2D eigenvalue weighted by molar-refractivity contribution is 7.14. The molecular formula is C17H14N4O4S. The summed E-state index contributed by atoms with van der Waals surface area (Å²) in [5, 5.41) is 6.74. The minimum absolute atomic E-state index is 0.150. The van der Waals surface area contributed by atoms with Gasteiger partial charge in [-0.25, -0.2) is 4.79 Å². The van der Waals surface area contributed by atoms with Crippen molar-refractivity contribution in [1.29, 1.82) is 0 Å². The summed E-state index contributed by atoms with van der Waals surface area (Å²) in [6, 6.07) is 6.45. The number of anilines is 1. The highest BCUT2D eigenvalue weighted by atomic mass is 32.1. The van der Waals surface area contributed by atoms with E-state index in [0.29, 0.717) is 21.6 Å². The third kappa shape index (κ3) is 3.83. The fraction of sp³-hybridized carbons (Fsp3) is 0.118. The molecule has 3 amide bonds. The second kappa shape index (κ2) is 7.70. The molecule has 26 heavy (non-hydrogen) atoms. The number of imide groups is 1.